The molecule has 1 fully saturated rings. The van der Waals surface area contributed by atoms with Crippen LogP contribution in [0.1, 0.15) is 31.2 Å². The Morgan fingerprint density at radius 2 is 2.12 bits per heavy atom. The maximum atomic E-state index is 6.18. The summed E-state index contributed by atoms with van der Waals surface area (Å²) in [5, 5.41) is 9.61. The minimum absolute atomic E-state index is 0.702. The molecule has 2 aromatic heterocycles. The third kappa shape index (κ3) is 2.94. The van der Waals surface area contributed by atoms with Gasteiger partial charge in [0.1, 0.15) is 11.3 Å². The van der Waals surface area contributed by atoms with E-state index in [1.54, 1.807) is 0 Å². The summed E-state index contributed by atoms with van der Waals surface area (Å²) >= 11 is 0. The molecule has 124 valence electrons. The Morgan fingerprint density at radius 3 is 2.88 bits per heavy atom. The van der Waals surface area contributed by atoms with Crippen molar-refractivity contribution in [2.45, 2.75) is 39.2 Å². The average Bonchev–Trinajstić information content (AvgIpc) is 3.19. The highest BCUT2D eigenvalue weighted by Crippen LogP contribution is 2.30. The molecule has 0 aliphatic carbocycles. The van der Waals surface area contributed by atoms with E-state index >= 15 is 0 Å². The van der Waals surface area contributed by atoms with Gasteiger partial charge < -0.3 is 9.32 Å². The van der Waals surface area contributed by atoms with Gasteiger partial charge in [0.25, 0.3) is 0 Å². The van der Waals surface area contributed by atoms with Crippen LogP contribution in [0.25, 0.3) is 22.2 Å². The first-order valence-electron chi connectivity index (χ1n) is 8.77. The molecule has 1 aromatic carbocycles. The van der Waals surface area contributed by atoms with Gasteiger partial charge in [-0.15, -0.1) is 0 Å². The average molecular weight is 321 g/mol. The van der Waals surface area contributed by atoms with E-state index in [1.807, 2.05) is 19.1 Å². The molecule has 3 aromatic rings. The van der Waals surface area contributed by atoms with Crippen molar-refractivity contribution in [3.05, 3.63) is 47.9 Å². The summed E-state index contributed by atoms with van der Waals surface area (Å²) in [4.78, 5) is 2.56. The van der Waals surface area contributed by atoms with E-state index in [-0.39, 0.29) is 0 Å². The van der Waals surface area contributed by atoms with E-state index in [0.717, 1.165) is 46.6 Å². The standard InChI is InChI=1S/C20H23N3O/c1-14-8-9-19(22-21-14)18-7-3-6-16-13-17(24-20(16)18)10-12-23-11-4-5-15(23)2/h3,6-9,13,15H,4-5,10-12H2,1-2H3. The molecule has 0 spiro atoms. The van der Waals surface area contributed by atoms with E-state index in [9.17, 15) is 0 Å². The molecule has 1 atom stereocenters. The number of hydrogen-bond donors (Lipinski definition) is 0. The Morgan fingerprint density at radius 1 is 1.21 bits per heavy atom. The monoisotopic (exact) mass is 321 g/mol. The zero-order valence-electron chi connectivity index (χ0n) is 14.3. The predicted molar refractivity (Wildman–Crippen MR) is 96.0 cm³/mol. The van der Waals surface area contributed by atoms with Crippen LogP contribution < -0.4 is 0 Å². The Labute approximate surface area is 142 Å². The van der Waals surface area contributed by atoms with E-state index in [2.05, 4.69) is 46.3 Å². The van der Waals surface area contributed by atoms with Crippen LogP contribution in [0, 0.1) is 6.92 Å². The van der Waals surface area contributed by atoms with Gasteiger partial charge in [-0.1, -0.05) is 12.1 Å². The van der Waals surface area contributed by atoms with E-state index in [0.29, 0.717) is 6.04 Å². The summed E-state index contributed by atoms with van der Waals surface area (Å²) in [7, 11) is 0. The fourth-order valence-electron chi connectivity index (χ4n) is 3.56. The Kier molecular flexibility index (Phi) is 4.07. The van der Waals surface area contributed by atoms with Gasteiger partial charge in [-0.3, -0.25) is 0 Å². The molecule has 0 bridgehead atoms. The number of likely N-dealkylation sites (tertiary alicyclic amines) is 1. The van der Waals surface area contributed by atoms with Crippen LogP contribution in [0.5, 0.6) is 0 Å². The lowest BCUT2D eigenvalue weighted by Gasteiger charge is -2.19. The van der Waals surface area contributed by atoms with Crippen LogP contribution in [0.4, 0.5) is 0 Å². The highest BCUT2D eigenvalue weighted by molar-refractivity contribution is 5.91. The number of para-hydroxylation sites is 1. The minimum atomic E-state index is 0.702. The zero-order valence-corrected chi connectivity index (χ0v) is 14.3. The molecule has 1 unspecified atom stereocenters. The van der Waals surface area contributed by atoms with E-state index in [4.69, 9.17) is 4.42 Å². The third-order valence-electron chi connectivity index (χ3n) is 5.00. The number of rotatable bonds is 4. The van der Waals surface area contributed by atoms with Crippen molar-refractivity contribution < 1.29 is 4.42 Å². The molecule has 0 radical (unpaired) electrons. The van der Waals surface area contributed by atoms with Crippen LogP contribution in [0.15, 0.2) is 40.8 Å². The van der Waals surface area contributed by atoms with Crippen molar-refractivity contribution in [1.29, 1.82) is 0 Å². The summed E-state index contributed by atoms with van der Waals surface area (Å²) in [5.41, 5.74) is 3.71. The molecular weight excluding hydrogens is 298 g/mol. The first-order valence-corrected chi connectivity index (χ1v) is 8.77. The number of furan rings is 1. The van der Waals surface area contributed by atoms with Gasteiger partial charge in [0.15, 0.2) is 0 Å². The molecule has 0 amide bonds. The molecule has 4 heteroatoms. The van der Waals surface area contributed by atoms with Crippen molar-refractivity contribution in [1.82, 2.24) is 15.1 Å². The summed E-state index contributed by atoms with van der Waals surface area (Å²) in [6.45, 7) is 6.55. The fourth-order valence-corrected chi connectivity index (χ4v) is 3.56. The lowest BCUT2D eigenvalue weighted by atomic mass is 10.1. The summed E-state index contributed by atoms with van der Waals surface area (Å²) < 4.78 is 6.18. The minimum Gasteiger partial charge on any atom is -0.460 e. The number of aryl methyl sites for hydroxylation is 1. The molecule has 1 saturated heterocycles. The second-order valence-corrected chi connectivity index (χ2v) is 6.77. The molecule has 4 rings (SSSR count). The van der Waals surface area contributed by atoms with Gasteiger partial charge in [0.2, 0.25) is 0 Å². The van der Waals surface area contributed by atoms with E-state index < -0.39 is 0 Å². The highest BCUT2D eigenvalue weighted by atomic mass is 16.3. The third-order valence-corrected chi connectivity index (χ3v) is 5.00. The van der Waals surface area contributed by atoms with Crippen LogP contribution in [-0.4, -0.2) is 34.2 Å². The van der Waals surface area contributed by atoms with Crippen LogP contribution in [0.3, 0.4) is 0 Å². The number of nitrogens with zero attached hydrogens (tertiary/aromatic N) is 3. The van der Waals surface area contributed by atoms with Gasteiger partial charge in [0.05, 0.1) is 11.4 Å². The Bertz CT molecular complexity index is 838. The summed E-state index contributed by atoms with van der Waals surface area (Å²) in [6.07, 6.45) is 3.59. The molecule has 1 aliphatic rings. The first kappa shape index (κ1) is 15.3. The smallest absolute Gasteiger partial charge is 0.143 e. The molecule has 0 saturated carbocycles. The number of hydrogen-bond acceptors (Lipinski definition) is 4. The SMILES string of the molecule is Cc1ccc(-c2cccc3cc(CCN4CCCC4C)oc23)nn1. The summed E-state index contributed by atoms with van der Waals surface area (Å²) in [5.74, 6) is 1.05. The Hall–Kier alpha value is -2.20. The molecule has 1 aliphatic heterocycles. The van der Waals surface area contributed by atoms with Crippen LogP contribution in [0.2, 0.25) is 0 Å². The first-order chi connectivity index (χ1) is 11.7. The van der Waals surface area contributed by atoms with Crippen molar-refractivity contribution in [2.75, 3.05) is 13.1 Å². The lowest BCUT2D eigenvalue weighted by molar-refractivity contribution is 0.266. The van der Waals surface area contributed by atoms with Crippen molar-refractivity contribution in [3.63, 3.8) is 0 Å². The maximum Gasteiger partial charge on any atom is 0.143 e. The van der Waals surface area contributed by atoms with E-state index in [1.165, 1.54) is 19.4 Å². The molecule has 3 heterocycles. The molecular formula is C20H23N3O. The van der Waals surface area contributed by atoms with Gasteiger partial charge in [-0.2, -0.15) is 10.2 Å². The van der Waals surface area contributed by atoms with Crippen molar-refractivity contribution >= 4 is 11.0 Å². The number of fused-ring (bicyclic) bond motifs is 1. The van der Waals surface area contributed by atoms with Crippen molar-refractivity contribution in [2.24, 2.45) is 0 Å². The normalized spacial score (nSPS) is 18.5. The highest BCUT2D eigenvalue weighted by Gasteiger charge is 2.20. The lowest BCUT2D eigenvalue weighted by Crippen LogP contribution is -2.28. The maximum absolute atomic E-state index is 6.18. The Balaban J connectivity index is 1.60. The van der Waals surface area contributed by atoms with Gasteiger partial charge in [-0.25, -0.2) is 0 Å². The second-order valence-electron chi connectivity index (χ2n) is 6.77. The number of benzene rings is 1. The topological polar surface area (TPSA) is 42.2 Å². The van der Waals surface area contributed by atoms with Crippen LogP contribution in [-0.2, 0) is 6.42 Å². The molecule has 4 nitrogen and oxygen atoms in total. The fraction of sp³-hybridized carbons (Fsp3) is 0.400. The summed E-state index contributed by atoms with van der Waals surface area (Å²) in [6, 6.07) is 13.1. The van der Waals surface area contributed by atoms with Gasteiger partial charge >= 0.3 is 0 Å². The van der Waals surface area contributed by atoms with Gasteiger partial charge in [0, 0.05) is 30.0 Å². The second kappa shape index (κ2) is 6.36. The zero-order chi connectivity index (χ0) is 16.5. The quantitative estimate of drug-likeness (QED) is 0.721. The number of aromatic nitrogens is 2. The largest absolute Gasteiger partial charge is 0.460 e. The van der Waals surface area contributed by atoms with Crippen molar-refractivity contribution in [3.8, 4) is 11.3 Å². The predicted octanol–water partition coefficient (Wildman–Crippen LogP) is 4.23. The van der Waals surface area contributed by atoms with Crippen LogP contribution >= 0.6 is 0 Å². The molecule has 24 heavy (non-hydrogen) atoms. The molecule has 0 N–H and O–H groups in total. The van der Waals surface area contributed by atoms with Gasteiger partial charge in [-0.05, 0) is 57.5 Å².